The molecule has 1 aliphatic rings. The van der Waals surface area contributed by atoms with Crippen molar-refractivity contribution in [3.8, 4) is 0 Å². The lowest BCUT2D eigenvalue weighted by Crippen LogP contribution is -2.46. The van der Waals surface area contributed by atoms with Crippen molar-refractivity contribution in [2.75, 3.05) is 50.0 Å². The standard InChI is InChI=1S/C14H22ClN5O2S/c1-3-19-5-7-20(8-6-19)12-9-11(15)16-14(17-12)23-10-13(21)18-22-4-2/h9H,3-8,10H2,1-2H3,(H,18,21). The predicted octanol–water partition coefficient (Wildman–Crippen LogP) is 1.43. The number of hydrogen-bond acceptors (Lipinski definition) is 7. The van der Waals surface area contributed by atoms with Crippen LogP contribution >= 0.6 is 23.4 Å². The molecular formula is C14H22ClN5O2S. The molecule has 0 spiro atoms. The number of nitrogens with zero attached hydrogens (tertiary/aromatic N) is 4. The number of aromatic nitrogens is 2. The van der Waals surface area contributed by atoms with Gasteiger partial charge in [-0.3, -0.25) is 9.63 Å². The van der Waals surface area contributed by atoms with E-state index in [4.69, 9.17) is 16.4 Å². The zero-order valence-corrected chi connectivity index (χ0v) is 15.0. The molecule has 1 aliphatic heterocycles. The number of halogens is 1. The number of hydroxylamine groups is 1. The van der Waals surface area contributed by atoms with E-state index in [1.54, 1.807) is 13.0 Å². The molecule has 128 valence electrons. The first kappa shape index (κ1) is 18.3. The Morgan fingerprint density at radius 2 is 2.09 bits per heavy atom. The van der Waals surface area contributed by atoms with Gasteiger partial charge < -0.3 is 9.80 Å². The molecule has 0 atom stereocenters. The number of anilines is 1. The molecule has 1 aromatic rings. The molecule has 1 aromatic heterocycles. The molecule has 0 aliphatic carbocycles. The summed E-state index contributed by atoms with van der Waals surface area (Å²) >= 11 is 7.34. The summed E-state index contributed by atoms with van der Waals surface area (Å²) in [5.41, 5.74) is 2.34. The highest BCUT2D eigenvalue weighted by Crippen LogP contribution is 2.22. The van der Waals surface area contributed by atoms with E-state index in [9.17, 15) is 4.79 Å². The van der Waals surface area contributed by atoms with Gasteiger partial charge in [0.05, 0.1) is 12.4 Å². The summed E-state index contributed by atoms with van der Waals surface area (Å²) in [6.07, 6.45) is 0. The lowest BCUT2D eigenvalue weighted by atomic mass is 10.3. The van der Waals surface area contributed by atoms with Crippen molar-refractivity contribution in [1.29, 1.82) is 0 Å². The molecule has 0 saturated carbocycles. The second-order valence-electron chi connectivity index (χ2n) is 5.00. The third-order valence-corrected chi connectivity index (χ3v) is 4.51. The number of nitrogens with one attached hydrogen (secondary N) is 1. The summed E-state index contributed by atoms with van der Waals surface area (Å²) in [7, 11) is 0. The molecule has 0 radical (unpaired) electrons. The Bertz CT molecular complexity index is 526. The predicted molar refractivity (Wildman–Crippen MR) is 91.9 cm³/mol. The van der Waals surface area contributed by atoms with E-state index < -0.39 is 0 Å². The van der Waals surface area contributed by atoms with Crippen LogP contribution in [-0.2, 0) is 9.63 Å². The van der Waals surface area contributed by atoms with Crippen molar-refractivity contribution in [2.45, 2.75) is 19.0 Å². The van der Waals surface area contributed by atoms with E-state index in [0.29, 0.717) is 16.9 Å². The Morgan fingerprint density at radius 3 is 2.74 bits per heavy atom. The van der Waals surface area contributed by atoms with Crippen LogP contribution in [0.5, 0.6) is 0 Å². The van der Waals surface area contributed by atoms with Gasteiger partial charge in [0.25, 0.3) is 5.91 Å². The van der Waals surface area contributed by atoms with Gasteiger partial charge >= 0.3 is 0 Å². The number of carbonyl (C=O) groups is 1. The Labute approximate surface area is 145 Å². The maximum absolute atomic E-state index is 11.6. The number of piperazine rings is 1. The molecular weight excluding hydrogens is 338 g/mol. The highest BCUT2D eigenvalue weighted by Gasteiger charge is 2.18. The van der Waals surface area contributed by atoms with Crippen LogP contribution in [0.25, 0.3) is 0 Å². The maximum Gasteiger partial charge on any atom is 0.254 e. The van der Waals surface area contributed by atoms with E-state index in [1.165, 1.54) is 11.8 Å². The van der Waals surface area contributed by atoms with Gasteiger partial charge in [-0.05, 0) is 13.5 Å². The summed E-state index contributed by atoms with van der Waals surface area (Å²) in [5.74, 6) is 0.774. The second kappa shape index (κ2) is 9.27. The van der Waals surface area contributed by atoms with Gasteiger partial charge in [-0.2, -0.15) is 0 Å². The molecule has 0 bridgehead atoms. The molecule has 2 heterocycles. The first-order valence-corrected chi connectivity index (χ1v) is 9.04. The van der Waals surface area contributed by atoms with E-state index in [0.717, 1.165) is 38.5 Å². The van der Waals surface area contributed by atoms with Gasteiger partial charge in [0.15, 0.2) is 5.16 Å². The number of rotatable bonds is 7. The lowest BCUT2D eigenvalue weighted by molar-refractivity contribution is -0.130. The van der Waals surface area contributed by atoms with E-state index in [-0.39, 0.29) is 11.7 Å². The number of thioether (sulfide) groups is 1. The topological polar surface area (TPSA) is 70.6 Å². The summed E-state index contributed by atoms with van der Waals surface area (Å²) in [4.78, 5) is 29.7. The van der Waals surface area contributed by atoms with Crippen LogP contribution in [0.4, 0.5) is 5.82 Å². The zero-order chi connectivity index (χ0) is 16.7. The lowest BCUT2D eigenvalue weighted by Gasteiger charge is -2.34. The molecule has 1 saturated heterocycles. The molecule has 7 nitrogen and oxygen atoms in total. The fourth-order valence-corrected chi connectivity index (χ4v) is 3.09. The van der Waals surface area contributed by atoms with Crippen molar-refractivity contribution in [2.24, 2.45) is 0 Å². The van der Waals surface area contributed by atoms with Gasteiger partial charge in [0, 0.05) is 32.2 Å². The van der Waals surface area contributed by atoms with Crippen molar-refractivity contribution in [3.63, 3.8) is 0 Å². The third-order valence-electron chi connectivity index (χ3n) is 3.47. The molecule has 23 heavy (non-hydrogen) atoms. The average molecular weight is 360 g/mol. The van der Waals surface area contributed by atoms with E-state index >= 15 is 0 Å². The minimum absolute atomic E-state index is 0.184. The molecule has 2 rings (SSSR count). The number of hydrogen-bond donors (Lipinski definition) is 1. The van der Waals surface area contributed by atoms with E-state index in [2.05, 4.69) is 32.2 Å². The Hall–Kier alpha value is -1.09. The first-order chi connectivity index (χ1) is 11.1. The number of amides is 1. The first-order valence-electron chi connectivity index (χ1n) is 7.67. The second-order valence-corrected chi connectivity index (χ2v) is 6.33. The monoisotopic (exact) mass is 359 g/mol. The van der Waals surface area contributed by atoms with Gasteiger partial charge in [0.2, 0.25) is 0 Å². The highest BCUT2D eigenvalue weighted by atomic mass is 35.5. The third kappa shape index (κ3) is 5.80. The molecule has 0 aromatic carbocycles. The molecule has 1 fully saturated rings. The van der Waals surface area contributed by atoms with Crippen LogP contribution in [0.15, 0.2) is 11.2 Å². The fourth-order valence-electron chi connectivity index (χ4n) is 2.22. The van der Waals surface area contributed by atoms with Gasteiger partial charge in [-0.25, -0.2) is 15.4 Å². The van der Waals surface area contributed by atoms with Crippen LogP contribution in [0.2, 0.25) is 5.15 Å². The summed E-state index contributed by atoms with van der Waals surface area (Å²) in [6, 6.07) is 1.77. The Morgan fingerprint density at radius 1 is 1.35 bits per heavy atom. The van der Waals surface area contributed by atoms with Crippen molar-refractivity contribution in [3.05, 3.63) is 11.2 Å². The quantitative estimate of drug-likeness (QED) is 0.342. The average Bonchev–Trinajstić information content (AvgIpc) is 2.57. The van der Waals surface area contributed by atoms with Crippen molar-refractivity contribution < 1.29 is 9.63 Å². The minimum Gasteiger partial charge on any atom is -0.354 e. The van der Waals surface area contributed by atoms with Crippen LogP contribution in [-0.4, -0.2) is 65.9 Å². The maximum atomic E-state index is 11.6. The van der Waals surface area contributed by atoms with Crippen molar-refractivity contribution >= 4 is 35.1 Å². The molecule has 0 unspecified atom stereocenters. The Kier molecular flexibility index (Phi) is 7.35. The number of likely N-dealkylation sites (N-methyl/N-ethyl adjacent to an activating group) is 1. The highest BCUT2D eigenvalue weighted by molar-refractivity contribution is 7.99. The van der Waals surface area contributed by atoms with Crippen LogP contribution in [0.1, 0.15) is 13.8 Å². The summed E-state index contributed by atoms with van der Waals surface area (Å²) < 4.78 is 0. The summed E-state index contributed by atoms with van der Waals surface area (Å²) in [5, 5.41) is 0.887. The van der Waals surface area contributed by atoms with Gasteiger partial charge in [-0.15, -0.1) is 0 Å². The number of carbonyl (C=O) groups excluding carboxylic acids is 1. The largest absolute Gasteiger partial charge is 0.354 e. The van der Waals surface area contributed by atoms with Crippen molar-refractivity contribution in [1.82, 2.24) is 20.3 Å². The molecule has 1 N–H and O–H groups in total. The minimum atomic E-state index is -0.224. The smallest absolute Gasteiger partial charge is 0.254 e. The zero-order valence-electron chi connectivity index (χ0n) is 13.4. The van der Waals surface area contributed by atoms with Crippen LogP contribution in [0, 0.1) is 0 Å². The normalized spacial score (nSPS) is 15.7. The fraction of sp³-hybridized carbons (Fsp3) is 0.643. The van der Waals surface area contributed by atoms with Gasteiger partial charge in [-0.1, -0.05) is 30.3 Å². The van der Waals surface area contributed by atoms with E-state index in [1.807, 2.05) is 0 Å². The molecule has 9 heteroatoms. The summed E-state index contributed by atoms with van der Waals surface area (Å²) in [6.45, 7) is 9.31. The van der Waals surface area contributed by atoms with Crippen LogP contribution in [0.3, 0.4) is 0 Å². The SMILES string of the molecule is CCONC(=O)CSc1nc(Cl)cc(N2CCN(CC)CC2)n1. The molecule has 1 amide bonds. The van der Waals surface area contributed by atoms with Crippen LogP contribution < -0.4 is 10.4 Å². The van der Waals surface area contributed by atoms with Gasteiger partial charge in [0.1, 0.15) is 11.0 Å². The Balaban J connectivity index is 1.95.